The van der Waals surface area contributed by atoms with Gasteiger partial charge in [-0.1, -0.05) is 82.0 Å². The van der Waals surface area contributed by atoms with Crippen LogP contribution in [0.15, 0.2) is 60.7 Å². The first-order chi connectivity index (χ1) is 16.9. The summed E-state index contributed by atoms with van der Waals surface area (Å²) in [7, 11) is 0. The molecule has 4 rings (SSSR count). The third-order valence-corrected chi connectivity index (χ3v) is 6.85. The van der Waals surface area contributed by atoms with Crippen molar-refractivity contribution in [3.63, 3.8) is 0 Å². The summed E-state index contributed by atoms with van der Waals surface area (Å²) in [5, 5.41) is 13.0. The van der Waals surface area contributed by atoms with Crippen molar-refractivity contribution >= 4 is 28.9 Å². The number of carboxylic acid groups (broad SMARTS) is 1. The van der Waals surface area contributed by atoms with Crippen LogP contribution in [-0.4, -0.2) is 17.0 Å². The Kier molecular flexibility index (Phi) is 7.54. The van der Waals surface area contributed by atoms with Crippen molar-refractivity contribution in [3.05, 3.63) is 77.4 Å². The summed E-state index contributed by atoms with van der Waals surface area (Å²) in [4.78, 5) is 26.9. The van der Waals surface area contributed by atoms with Crippen molar-refractivity contribution in [1.82, 2.24) is 5.32 Å². The second-order valence-corrected chi connectivity index (χ2v) is 9.41. The predicted octanol–water partition coefficient (Wildman–Crippen LogP) is 7.37. The maximum atomic E-state index is 12.8. The molecule has 2 N–H and O–H groups in total. The third-order valence-electron chi connectivity index (χ3n) is 6.85. The first-order valence-corrected chi connectivity index (χ1v) is 12.6. The van der Waals surface area contributed by atoms with Crippen LogP contribution in [0.3, 0.4) is 0 Å². The molecule has 0 saturated heterocycles. The Bertz CT molecular complexity index is 1220. The fourth-order valence-corrected chi connectivity index (χ4v) is 4.95. The highest BCUT2D eigenvalue weighted by Gasteiger charge is 2.37. The second kappa shape index (κ2) is 10.8. The van der Waals surface area contributed by atoms with Crippen LogP contribution in [0.4, 0.5) is 17.1 Å². The number of fused-ring (bicyclic) bond motifs is 2. The Labute approximate surface area is 207 Å². The van der Waals surface area contributed by atoms with Crippen LogP contribution >= 0.6 is 0 Å². The molecule has 5 nitrogen and oxygen atoms in total. The standard InChI is InChI=1S/C30H34N2O3/c1-4-5-6-8-13-20(2)29(33)31-19-25-27-21(3)18-24(22-14-9-7-10-15-22)28(25)32(27)26-17-12-11-16-23(26)30(34)35/h7,9-12,14-18,20H,4-6,8,13,19H2,1-3H3,(H,31,33)(H,34,35). The van der Waals surface area contributed by atoms with Gasteiger partial charge in [0.2, 0.25) is 5.91 Å². The van der Waals surface area contributed by atoms with Gasteiger partial charge in [-0.3, -0.25) is 4.79 Å². The summed E-state index contributed by atoms with van der Waals surface area (Å²) in [6.07, 6.45) is 5.53. The zero-order valence-electron chi connectivity index (χ0n) is 20.8. The molecule has 0 saturated carbocycles. The molecule has 182 valence electrons. The number of hydrogen-bond donors (Lipinski definition) is 2. The van der Waals surface area contributed by atoms with Crippen molar-refractivity contribution in [1.29, 1.82) is 0 Å². The van der Waals surface area contributed by atoms with Gasteiger partial charge >= 0.3 is 5.97 Å². The van der Waals surface area contributed by atoms with Gasteiger partial charge in [-0.2, -0.15) is 0 Å². The third kappa shape index (κ3) is 4.95. The van der Waals surface area contributed by atoms with Crippen LogP contribution < -0.4 is 10.2 Å². The molecule has 1 aliphatic heterocycles. The number of carboxylic acids is 1. The lowest BCUT2D eigenvalue weighted by atomic mass is 9.86. The number of hydrogen-bond acceptors (Lipinski definition) is 3. The van der Waals surface area contributed by atoms with Crippen LogP contribution in [0.5, 0.6) is 0 Å². The van der Waals surface area contributed by atoms with Crippen LogP contribution in [0.25, 0.3) is 11.1 Å². The van der Waals surface area contributed by atoms with Crippen molar-refractivity contribution < 1.29 is 14.7 Å². The highest BCUT2D eigenvalue weighted by Crippen LogP contribution is 2.56. The van der Waals surface area contributed by atoms with Gasteiger partial charge in [0.05, 0.1) is 22.6 Å². The number of aromatic carboxylic acids is 1. The Hall–Kier alpha value is -3.60. The number of benzene rings is 3. The van der Waals surface area contributed by atoms with Crippen molar-refractivity contribution in [2.24, 2.45) is 5.92 Å². The molecule has 35 heavy (non-hydrogen) atoms. The molecule has 0 aromatic heterocycles. The summed E-state index contributed by atoms with van der Waals surface area (Å²) in [5.41, 5.74) is 7.04. The molecule has 3 aromatic carbocycles. The zero-order chi connectivity index (χ0) is 24.9. The van der Waals surface area contributed by atoms with Gasteiger partial charge in [-0.15, -0.1) is 0 Å². The van der Waals surface area contributed by atoms with Crippen LogP contribution in [0, 0.1) is 12.8 Å². The Morgan fingerprint density at radius 2 is 1.69 bits per heavy atom. The molecule has 0 fully saturated rings. The largest absolute Gasteiger partial charge is 0.478 e. The summed E-state index contributed by atoms with van der Waals surface area (Å²) >= 11 is 0. The number of aryl methyl sites for hydroxylation is 1. The molecule has 1 unspecified atom stereocenters. The summed E-state index contributed by atoms with van der Waals surface area (Å²) in [5.74, 6) is -0.914. The Balaban J connectivity index is 1.65. The summed E-state index contributed by atoms with van der Waals surface area (Å²) in [6, 6.07) is 19.3. The lowest BCUT2D eigenvalue weighted by Crippen LogP contribution is -2.34. The normalized spacial score (nSPS) is 12.7. The van der Waals surface area contributed by atoms with E-state index >= 15 is 0 Å². The minimum Gasteiger partial charge on any atom is -0.478 e. The van der Waals surface area contributed by atoms with E-state index in [1.165, 1.54) is 19.3 Å². The lowest BCUT2D eigenvalue weighted by molar-refractivity contribution is -0.124. The van der Waals surface area contributed by atoms with E-state index in [1.807, 2.05) is 49.1 Å². The topological polar surface area (TPSA) is 69.6 Å². The number of para-hydroxylation sites is 1. The van der Waals surface area contributed by atoms with E-state index in [0.29, 0.717) is 12.2 Å². The number of amides is 1. The van der Waals surface area contributed by atoms with Crippen molar-refractivity contribution in [2.75, 3.05) is 4.90 Å². The quantitative estimate of drug-likeness (QED) is 0.225. The van der Waals surface area contributed by atoms with E-state index in [-0.39, 0.29) is 17.4 Å². The maximum Gasteiger partial charge on any atom is 0.337 e. The van der Waals surface area contributed by atoms with Crippen molar-refractivity contribution in [2.45, 2.75) is 59.4 Å². The van der Waals surface area contributed by atoms with Gasteiger partial charge in [-0.25, -0.2) is 4.79 Å². The zero-order valence-corrected chi connectivity index (χ0v) is 20.8. The number of nitrogens with zero attached hydrogens (tertiary/aromatic N) is 1. The van der Waals surface area contributed by atoms with Gasteiger partial charge in [0.15, 0.2) is 0 Å². The smallest absolute Gasteiger partial charge is 0.337 e. The van der Waals surface area contributed by atoms with Crippen LogP contribution in [0.2, 0.25) is 0 Å². The number of rotatable bonds is 11. The van der Waals surface area contributed by atoms with Gasteiger partial charge in [0.25, 0.3) is 0 Å². The molecule has 2 bridgehead atoms. The molecule has 1 atom stereocenters. The van der Waals surface area contributed by atoms with E-state index in [1.54, 1.807) is 12.1 Å². The molecule has 1 amide bonds. The van der Waals surface area contributed by atoms with E-state index in [9.17, 15) is 14.7 Å². The molecule has 0 aliphatic carbocycles. The summed E-state index contributed by atoms with van der Waals surface area (Å²) in [6.45, 7) is 6.65. The van der Waals surface area contributed by atoms with Gasteiger partial charge in [0.1, 0.15) is 0 Å². The monoisotopic (exact) mass is 470 g/mol. The highest BCUT2D eigenvalue weighted by atomic mass is 16.4. The van der Waals surface area contributed by atoms with Gasteiger partial charge in [0, 0.05) is 23.6 Å². The Morgan fingerprint density at radius 3 is 2.40 bits per heavy atom. The average Bonchev–Trinajstić information content (AvgIpc) is 2.86. The minimum atomic E-state index is -0.957. The minimum absolute atomic E-state index is 0.0274. The van der Waals surface area contributed by atoms with E-state index in [0.717, 1.165) is 46.5 Å². The number of anilines is 3. The number of carbonyl (C=O) groups excluding carboxylic acids is 1. The molecular weight excluding hydrogens is 436 g/mol. The molecule has 1 aliphatic rings. The predicted molar refractivity (Wildman–Crippen MR) is 142 cm³/mol. The van der Waals surface area contributed by atoms with E-state index in [2.05, 4.69) is 30.4 Å². The molecule has 5 heteroatoms. The molecule has 3 aromatic rings. The molecular formula is C30H34N2O3. The second-order valence-electron chi connectivity index (χ2n) is 9.41. The van der Waals surface area contributed by atoms with Crippen LogP contribution in [-0.2, 0) is 11.3 Å². The highest BCUT2D eigenvalue weighted by molar-refractivity contribution is 6.07. The van der Waals surface area contributed by atoms with Crippen LogP contribution in [0.1, 0.15) is 67.4 Å². The van der Waals surface area contributed by atoms with E-state index in [4.69, 9.17) is 0 Å². The number of carbonyl (C=O) groups is 2. The van der Waals surface area contributed by atoms with E-state index < -0.39 is 5.97 Å². The van der Waals surface area contributed by atoms with Crippen molar-refractivity contribution in [3.8, 4) is 11.1 Å². The fraction of sp³-hybridized carbons (Fsp3) is 0.333. The molecule has 0 radical (unpaired) electrons. The summed E-state index contributed by atoms with van der Waals surface area (Å²) < 4.78 is 0. The van der Waals surface area contributed by atoms with Gasteiger partial charge in [-0.05, 0) is 42.7 Å². The fourth-order valence-electron chi connectivity index (χ4n) is 4.95. The lowest BCUT2D eigenvalue weighted by Gasteiger charge is -2.43. The molecule has 0 spiro atoms. The maximum absolute atomic E-state index is 12.8. The number of nitrogens with one attached hydrogen (secondary N) is 1. The van der Waals surface area contributed by atoms with Gasteiger partial charge < -0.3 is 15.3 Å². The number of unbranched alkanes of at least 4 members (excludes halogenated alkanes) is 3. The Morgan fingerprint density at radius 1 is 0.971 bits per heavy atom. The first-order valence-electron chi connectivity index (χ1n) is 12.6. The average molecular weight is 471 g/mol. The SMILES string of the molecule is CCCCCCC(C)C(=O)NCc1c2c(C)cc(-c3ccccc3)c1N2c1ccccc1C(=O)O. The first kappa shape index (κ1) is 24.5. The molecule has 1 heterocycles.